The van der Waals surface area contributed by atoms with E-state index in [0.717, 1.165) is 11.8 Å². The first-order chi connectivity index (χ1) is 24.9. The highest BCUT2D eigenvalue weighted by molar-refractivity contribution is 8.12. The van der Waals surface area contributed by atoms with Gasteiger partial charge in [-0.3, -0.25) is 24.5 Å². The minimum absolute atomic E-state index is 0.114. The van der Waals surface area contributed by atoms with E-state index in [2.05, 4.69) is 10.1 Å². The van der Waals surface area contributed by atoms with Crippen LogP contribution in [0.3, 0.4) is 0 Å². The van der Waals surface area contributed by atoms with Crippen molar-refractivity contribution in [3.63, 3.8) is 0 Å². The number of phenolic OH excluding ortho intramolecular Hbond substituents is 4. The number of aldehydes is 1. The lowest BCUT2D eigenvalue weighted by Crippen LogP contribution is -2.19. The number of nitriles is 1. The Morgan fingerprint density at radius 1 is 0.712 bits per heavy atom. The molecule has 0 bridgehead atoms. The highest BCUT2D eigenvalue weighted by Gasteiger charge is 2.25. The van der Waals surface area contributed by atoms with E-state index in [4.69, 9.17) is 25.7 Å². The molecule has 52 heavy (non-hydrogen) atoms. The van der Waals surface area contributed by atoms with E-state index in [1.54, 1.807) is 67.6 Å². The van der Waals surface area contributed by atoms with Gasteiger partial charge in [0.1, 0.15) is 29.3 Å². The summed E-state index contributed by atoms with van der Waals surface area (Å²) >= 11 is 1.27. The first-order valence-corrected chi connectivity index (χ1v) is 16.0. The second kappa shape index (κ2) is 21.9. The molecule has 0 fully saturated rings. The molecule has 0 unspecified atom stereocenters. The number of nitrogens with one attached hydrogen (secondary N) is 1. The number of benzene rings is 5. The number of carbonyl (C=O) groups excluding carboxylic acids is 5. The van der Waals surface area contributed by atoms with Gasteiger partial charge in [0.25, 0.3) is 11.8 Å². The number of aromatic hydroxyl groups is 4. The van der Waals surface area contributed by atoms with Gasteiger partial charge in [-0.2, -0.15) is 5.26 Å². The summed E-state index contributed by atoms with van der Waals surface area (Å²) in [6, 6.07) is 33.6. The van der Waals surface area contributed by atoms with Gasteiger partial charge in [0.05, 0.1) is 35.4 Å². The van der Waals surface area contributed by atoms with Crippen molar-refractivity contribution in [3.05, 3.63) is 155 Å². The van der Waals surface area contributed by atoms with Crippen molar-refractivity contribution in [3.8, 4) is 29.1 Å². The van der Waals surface area contributed by atoms with Crippen molar-refractivity contribution in [1.29, 1.82) is 5.26 Å². The molecule has 12 nitrogen and oxygen atoms in total. The molecule has 1 heterocycles. The first kappa shape index (κ1) is 41.3. The Kier molecular flexibility index (Phi) is 17.4. The average Bonchev–Trinajstić information content (AvgIpc) is 3.45. The molecule has 1 aliphatic rings. The van der Waals surface area contributed by atoms with Gasteiger partial charge < -0.3 is 25.2 Å². The molecule has 5 aromatic rings. The molecule has 0 saturated heterocycles. The van der Waals surface area contributed by atoms with Crippen LogP contribution in [-0.4, -0.2) is 56.7 Å². The fourth-order valence-electron chi connectivity index (χ4n) is 3.70. The van der Waals surface area contributed by atoms with Crippen molar-refractivity contribution in [2.75, 3.05) is 7.11 Å². The highest BCUT2D eigenvalue weighted by Crippen LogP contribution is 2.16. The number of imide groups is 1. The lowest BCUT2D eigenvalue weighted by Gasteiger charge is -1.97. The van der Waals surface area contributed by atoms with Crippen LogP contribution in [0.2, 0.25) is 0 Å². The Bertz CT molecular complexity index is 1940. The number of rotatable bonds is 4. The van der Waals surface area contributed by atoms with Gasteiger partial charge in [-0.05, 0) is 103 Å². The molecule has 1 aliphatic heterocycles. The van der Waals surface area contributed by atoms with E-state index in [1.165, 1.54) is 67.4 Å². The Morgan fingerprint density at radius 3 is 1.54 bits per heavy atom. The van der Waals surface area contributed by atoms with Gasteiger partial charge in [0, 0.05) is 18.2 Å². The minimum Gasteiger partial charge on any atom is -0.508 e. The summed E-state index contributed by atoms with van der Waals surface area (Å²) in [5.74, 6) is 0.440. The maximum Gasteiger partial charge on any atom is 0.337 e. The first-order valence-electron chi connectivity index (χ1n) is 15.0. The zero-order valence-corrected chi connectivity index (χ0v) is 28.7. The number of hydrogen-bond acceptors (Lipinski definition) is 12. The molecular weight excluding hydrogens is 688 g/mol. The molecule has 5 N–H and O–H groups in total. The summed E-state index contributed by atoms with van der Waals surface area (Å²) in [7, 11) is 1.31. The van der Waals surface area contributed by atoms with Gasteiger partial charge in [0.15, 0.2) is 5.12 Å². The quantitative estimate of drug-likeness (QED) is 0.0776. The molecule has 0 atom stereocenters. The number of carbonyl (C=O) groups is 5. The van der Waals surface area contributed by atoms with E-state index >= 15 is 0 Å². The standard InChI is InChI=1S/C9H10O2S.C8H5NO2.C8H8O3.C7H5NO.C7H6O2/c1-7(10)12-6-8-2-4-9(11)5-3-8;10-7-5-3-1-2-4-6(5)8(11)9-7;1-11-8(10)6-2-4-7(9)5-3-6;2*8-5-6-1-3-7(9)4-2-6/h2-5,11H,6H2,1H3;1-4H,(H,9,10,11);2-5,9H,1H3;1-4,9H;1-5,9H. The summed E-state index contributed by atoms with van der Waals surface area (Å²) in [5, 5.41) is 45.9. The van der Waals surface area contributed by atoms with Gasteiger partial charge in [0.2, 0.25) is 0 Å². The summed E-state index contributed by atoms with van der Waals surface area (Å²) in [6.45, 7) is 1.55. The summed E-state index contributed by atoms with van der Waals surface area (Å²) in [4.78, 5) is 53.3. The maximum absolute atomic E-state index is 10.9. The highest BCUT2D eigenvalue weighted by atomic mass is 32.2. The van der Waals surface area contributed by atoms with Crippen molar-refractivity contribution < 1.29 is 49.1 Å². The van der Waals surface area contributed by atoms with Crippen LogP contribution in [-0.2, 0) is 15.3 Å². The van der Waals surface area contributed by atoms with Gasteiger partial charge >= 0.3 is 5.97 Å². The number of hydrogen-bond donors (Lipinski definition) is 5. The largest absolute Gasteiger partial charge is 0.508 e. The number of phenols is 4. The average molecular weight is 723 g/mol. The monoisotopic (exact) mass is 722 g/mol. The molecule has 5 aromatic carbocycles. The predicted molar refractivity (Wildman–Crippen MR) is 194 cm³/mol. The Labute approximate surface area is 303 Å². The number of nitrogens with zero attached hydrogens (tertiary/aromatic N) is 1. The van der Waals surface area contributed by atoms with Crippen LogP contribution in [0, 0.1) is 11.3 Å². The third kappa shape index (κ3) is 15.1. The van der Waals surface area contributed by atoms with E-state index in [9.17, 15) is 24.0 Å². The van der Waals surface area contributed by atoms with Crippen LogP contribution in [0.5, 0.6) is 23.0 Å². The Balaban J connectivity index is 0.000000226. The third-order valence-corrected chi connectivity index (χ3v) is 7.22. The second-order valence-corrected chi connectivity index (χ2v) is 11.3. The predicted octanol–water partition coefficient (Wildman–Crippen LogP) is 6.39. The fourth-order valence-corrected chi connectivity index (χ4v) is 4.26. The van der Waals surface area contributed by atoms with Gasteiger partial charge in [-0.1, -0.05) is 36.0 Å². The minimum atomic E-state index is -0.398. The van der Waals surface area contributed by atoms with Crippen molar-refractivity contribution >= 4 is 40.9 Å². The number of methoxy groups -OCH3 is 1. The molecule has 0 aliphatic carbocycles. The van der Waals surface area contributed by atoms with Crippen LogP contribution in [0.25, 0.3) is 0 Å². The maximum atomic E-state index is 10.9. The molecule has 0 radical (unpaired) electrons. The third-order valence-electron chi connectivity index (χ3n) is 6.34. The number of fused-ring (bicyclic) bond motifs is 1. The fraction of sp³-hybridized carbons (Fsp3) is 0.0769. The molecule has 6 rings (SSSR count). The molecule has 13 heteroatoms. The van der Waals surface area contributed by atoms with Crippen LogP contribution in [0.4, 0.5) is 0 Å². The lowest BCUT2D eigenvalue weighted by molar-refractivity contribution is -0.109. The topological polar surface area (TPSA) is 211 Å². The summed E-state index contributed by atoms with van der Waals surface area (Å²) in [5.41, 5.74) is 3.56. The molecule has 0 spiro atoms. The van der Waals surface area contributed by atoms with E-state index in [-0.39, 0.29) is 39.9 Å². The smallest absolute Gasteiger partial charge is 0.337 e. The second-order valence-electron chi connectivity index (χ2n) is 10.2. The number of amides is 2. The van der Waals surface area contributed by atoms with Gasteiger partial charge in [-0.15, -0.1) is 0 Å². The number of esters is 1. The molecule has 266 valence electrons. The molecule has 0 saturated carbocycles. The Morgan fingerprint density at radius 2 is 1.13 bits per heavy atom. The SMILES string of the molecule is CC(=O)SCc1ccc(O)cc1.COC(=O)c1ccc(O)cc1.N#Cc1ccc(O)cc1.O=C1NC(=O)c2ccccc21.O=Cc1ccc(O)cc1. The number of ether oxygens (including phenoxy) is 1. The molecule has 2 amide bonds. The van der Waals surface area contributed by atoms with Crippen molar-refractivity contribution in [1.82, 2.24) is 5.32 Å². The summed E-state index contributed by atoms with van der Waals surface area (Å²) < 4.78 is 4.46. The normalized spacial score (nSPS) is 10.2. The van der Waals surface area contributed by atoms with E-state index in [0.29, 0.717) is 33.6 Å². The zero-order chi connectivity index (χ0) is 38.5. The molecular formula is C39H34N2O10S. The van der Waals surface area contributed by atoms with Crippen LogP contribution >= 0.6 is 11.8 Å². The van der Waals surface area contributed by atoms with Crippen LogP contribution < -0.4 is 5.32 Å². The number of thioether (sulfide) groups is 1. The zero-order valence-electron chi connectivity index (χ0n) is 27.9. The summed E-state index contributed by atoms with van der Waals surface area (Å²) in [6.07, 6.45) is 0.736. The van der Waals surface area contributed by atoms with Crippen molar-refractivity contribution in [2.45, 2.75) is 12.7 Å². The Hall–Kier alpha value is -6.91. The van der Waals surface area contributed by atoms with Crippen molar-refractivity contribution in [2.24, 2.45) is 0 Å². The molecule has 0 aromatic heterocycles. The van der Waals surface area contributed by atoms with Gasteiger partial charge in [-0.25, -0.2) is 4.79 Å². The van der Waals surface area contributed by atoms with Crippen LogP contribution in [0.1, 0.15) is 59.5 Å². The van der Waals surface area contributed by atoms with Crippen LogP contribution in [0.15, 0.2) is 121 Å². The van der Waals surface area contributed by atoms with E-state index < -0.39 is 5.97 Å². The van der Waals surface area contributed by atoms with E-state index in [1.807, 2.05) is 18.2 Å². The lowest BCUT2D eigenvalue weighted by atomic mass is 10.1.